The Labute approximate surface area is 141 Å². The summed E-state index contributed by atoms with van der Waals surface area (Å²) >= 11 is 0. The van der Waals surface area contributed by atoms with E-state index in [9.17, 15) is 14.7 Å². The van der Waals surface area contributed by atoms with Crippen molar-refractivity contribution in [3.05, 3.63) is 47.9 Å². The maximum Gasteiger partial charge on any atom is 0.289 e. The number of carbonyl (C=O) groups is 2. The van der Waals surface area contributed by atoms with Crippen LogP contribution in [0.2, 0.25) is 0 Å². The third-order valence-electron chi connectivity index (χ3n) is 3.60. The topological polar surface area (TPSA) is 82.8 Å². The van der Waals surface area contributed by atoms with Crippen molar-refractivity contribution in [2.75, 3.05) is 18.9 Å². The zero-order valence-corrected chi connectivity index (χ0v) is 14.3. The van der Waals surface area contributed by atoms with Gasteiger partial charge in [-0.3, -0.25) is 9.59 Å². The highest BCUT2D eigenvalue weighted by molar-refractivity contribution is 5.98. The molecule has 0 radical (unpaired) electrons. The van der Waals surface area contributed by atoms with Gasteiger partial charge in [0.1, 0.15) is 5.75 Å². The third kappa shape index (κ3) is 4.16. The lowest BCUT2D eigenvalue weighted by Gasteiger charge is -2.21. The summed E-state index contributed by atoms with van der Waals surface area (Å²) in [5.74, 6) is -0.638. The van der Waals surface area contributed by atoms with Gasteiger partial charge in [-0.15, -0.1) is 0 Å². The number of furan rings is 1. The van der Waals surface area contributed by atoms with Gasteiger partial charge in [0.2, 0.25) is 5.91 Å². The molecule has 6 heteroatoms. The van der Waals surface area contributed by atoms with Gasteiger partial charge in [-0.1, -0.05) is 26.8 Å². The van der Waals surface area contributed by atoms with E-state index in [1.165, 1.54) is 24.3 Å². The van der Waals surface area contributed by atoms with Gasteiger partial charge in [0.15, 0.2) is 5.76 Å². The van der Waals surface area contributed by atoms with Crippen molar-refractivity contribution < 1.29 is 19.1 Å². The molecule has 0 saturated carbocycles. The van der Waals surface area contributed by atoms with Gasteiger partial charge in [0.05, 0.1) is 18.5 Å². The van der Waals surface area contributed by atoms with E-state index >= 15 is 0 Å². The Morgan fingerprint density at radius 2 is 1.96 bits per heavy atom. The van der Waals surface area contributed by atoms with Crippen LogP contribution in [0.3, 0.4) is 0 Å². The van der Waals surface area contributed by atoms with Crippen LogP contribution in [0.4, 0.5) is 5.69 Å². The van der Waals surface area contributed by atoms with Crippen molar-refractivity contribution in [2.24, 2.45) is 0 Å². The van der Waals surface area contributed by atoms with Gasteiger partial charge in [0, 0.05) is 7.05 Å². The van der Waals surface area contributed by atoms with Gasteiger partial charge in [0.25, 0.3) is 5.91 Å². The molecule has 2 aromatic rings. The van der Waals surface area contributed by atoms with E-state index in [0.29, 0.717) is 5.69 Å². The minimum atomic E-state index is -0.404. The molecule has 1 aromatic heterocycles. The van der Waals surface area contributed by atoms with Crippen molar-refractivity contribution in [3.8, 4) is 5.75 Å². The summed E-state index contributed by atoms with van der Waals surface area (Å²) in [5, 5.41) is 12.6. The number of anilines is 1. The highest BCUT2D eigenvalue weighted by Crippen LogP contribution is 2.30. The number of nitrogens with zero attached hydrogens (tertiary/aromatic N) is 1. The molecule has 24 heavy (non-hydrogen) atoms. The molecule has 1 aromatic carbocycles. The highest BCUT2D eigenvalue weighted by Gasteiger charge is 2.19. The Morgan fingerprint density at radius 3 is 2.54 bits per heavy atom. The quantitative estimate of drug-likeness (QED) is 0.844. The van der Waals surface area contributed by atoms with Crippen LogP contribution in [0.1, 0.15) is 36.9 Å². The van der Waals surface area contributed by atoms with Crippen LogP contribution in [-0.4, -0.2) is 35.4 Å². The van der Waals surface area contributed by atoms with Crippen molar-refractivity contribution >= 4 is 17.5 Å². The van der Waals surface area contributed by atoms with E-state index in [4.69, 9.17) is 4.42 Å². The number of aromatic hydroxyl groups is 1. The van der Waals surface area contributed by atoms with Crippen molar-refractivity contribution in [1.82, 2.24) is 4.90 Å². The Morgan fingerprint density at radius 1 is 1.25 bits per heavy atom. The summed E-state index contributed by atoms with van der Waals surface area (Å²) in [7, 11) is 1.51. The first-order chi connectivity index (χ1) is 11.2. The molecular weight excluding hydrogens is 308 g/mol. The Kier molecular flexibility index (Phi) is 4.97. The summed E-state index contributed by atoms with van der Waals surface area (Å²) in [5.41, 5.74) is 1.20. The number of rotatable bonds is 4. The lowest BCUT2D eigenvalue weighted by atomic mass is 9.87. The van der Waals surface area contributed by atoms with Gasteiger partial charge >= 0.3 is 0 Å². The van der Waals surface area contributed by atoms with Crippen LogP contribution in [-0.2, 0) is 10.2 Å². The van der Waals surface area contributed by atoms with Crippen molar-refractivity contribution in [1.29, 1.82) is 0 Å². The lowest BCUT2D eigenvalue weighted by Crippen LogP contribution is -2.34. The third-order valence-corrected chi connectivity index (χ3v) is 3.60. The fraction of sp³-hybridized carbons (Fsp3) is 0.333. The second-order valence-corrected chi connectivity index (χ2v) is 6.67. The van der Waals surface area contributed by atoms with Crippen LogP contribution in [0, 0.1) is 0 Å². The fourth-order valence-corrected chi connectivity index (χ4v) is 2.17. The molecule has 2 N–H and O–H groups in total. The zero-order valence-electron chi connectivity index (χ0n) is 14.3. The average Bonchev–Trinajstić information content (AvgIpc) is 3.01. The molecule has 0 spiro atoms. The molecule has 6 nitrogen and oxygen atoms in total. The van der Waals surface area contributed by atoms with Gasteiger partial charge in [-0.05, 0) is 35.2 Å². The predicted octanol–water partition coefficient (Wildman–Crippen LogP) is 2.99. The number of nitrogens with one attached hydrogen (secondary N) is 1. The van der Waals surface area contributed by atoms with E-state index in [1.807, 2.05) is 26.8 Å². The van der Waals surface area contributed by atoms with E-state index < -0.39 is 5.91 Å². The summed E-state index contributed by atoms with van der Waals surface area (Å²) < 4.78 is 5.03. The molecule has 0 atom stereocenters. The van der Waals surface area contributed by atoms with E-state index in [-0.39, 0.29) is 29.4 Å². The molecule has 0 bridgehead atoms. The molecular formula is C18H22N2O4. The lowest BCUT2D eigenvalue weighted by molar-refractivity contribution is -0.116. The molecule has 2 amide bonds. The molecule has 0 aliphatic carbocycles. The van der Waals surface area contributed by atoms with E-state index in [2.05, 4.69) is 5.32 Å². The fourth-order valence-electron chi connectivity index (χ4n) is 2.17. The van der Waals surface area contributed by atoms with Crippen molar-refractivity contribution in [2.45, 2.75) is 26.2 Å². The number of hydrogen-bond acceptors (Lipinski definition) is 4. The molecule has 2 rings (SSSR count). The minimum absolute atomic E-state index is 0.0173. The highest BCUT2D eigenvalue weighted by atomic mass is 16.3. The number of carbonyl (C=O) groups excluding carboxylic acids is 2. The summed E-state index contributed by atoms with van der Waals surface area (Å²) in [6.45, 7) is 5.97. The first-order valence-electron chi connectivity index (χ1n) is 7.61. The number of phenols is 1. The van der Waals surface area contributed by atoms with Crippen LogP contribution >= 0.6 is 0 Å². The summed E-state index contributed by atoms with van der Waals surface area (Å²) in [6.07, 6.45) is 1.40. The van der Waals surface area contributed by atoms with Gasteiger partial charge in [-0.25, -0.2) is 0 Å². The maximum absolute atomic E-state index is 12.2. The normalized spacial score (nSPS) is 11.2. The van der Waals surface area contributed by atoms with E-state index in [1.54, 1.807) is 18.2 Å². The van der Waals surface area contributed by atoms with Crippen LogP contribution in [0.5, 0.6) is 5.75 Å². The number of hydrogen-bond donors (Lipinski definition) is 2. The van der Waals surface area contributed by atoms with Gasteiger partial charge in [-0.2, -0.15) is 0 Å². The maximum atomic E-state index is 12.2. The SMILES string of the molecule is CN(CC(=O)Nc1cc(C(C)(C)C)ccc1O)C(=O)c1ccco1. The number of amides is 2. The smallest absolute Gasteiger partial charge is 0.289 e. The van der Waals surface area contributed by atoms with Crippen molar-refractivity contribution in [3.63, 3.8) is 0 Å². The summed E-state index contributed by atoms with van der Waals surface area (Å²) in [6, 6.07) is 8.25. The molecule has 0 aliphatic rings. The van der Waals surface area contributed by atoms with Crippen LogP contribution in [0.25, 0.3) is 0 Å². The predicted molar refractivity (Wildman–Crippen MR) is 91.1 cm³/mol. The Bertz CT molecular complexity index is 730. The Hall–Kier alpha value is -2.76. The van der Waals surface area contributed by atoms with Crippen LogP contribution < -0.4 is 5.32 Å². The number of likely N-dealkylation sites (N-methyl/N-ethyl adjacent to an activating group) is 1. The Balaban J connectivity index is 2.06. The number of benzene rings is 1. The monoisotopic (exact) mass is 330 g/mol. The first-order valence-corrected chi connectivity index (χ1v) is 7.61. The second-order valence-electron chi connectivity index (χ2n) is 6.67. The van der Waals surface area contributed by atoms with Crippen LogP contribution in [0.15, 0.2) is 41.0 Å². The summed E-state index contributed by atoms with van der Waals surface area (Å²) in [4.78, 5) is 25.5. The molecule has 128 valence electrons. The molecule has 0 unspecified atom stereocenters. The largest absolute Gasteiger partial charge is 0.506 e. The second kappa shape index (κ2) is 6.78. The molecule has 0 aliphatic heterocycles. The minimum Gasteiger partial charge on any atom is -0.506 e. The van der Waals surface area contributed by atoms with Gasteiger partial charge < -0.3 is 19.7 Å². The molecule has 0 fully saturated rings. The van der Waals surface area contributed by atoms with E-state index in [0.717, 1.165) is 5.56 Å². The molecule has 1 heterocycles. The standard InChI is InChI=1S/C18H22N2O4/c1-18(2,3)12-7-8-14(21)13(10-12)19-16(22)11-20(4)17(23)15-6-5-9-24-15/h5-10,21H,11H2,1-4H3,(H,19,22). The average molecular weight is 330 g/mol. The zero-order chi connectivity index (χ0) is 17.9. The molecule has 0 saturated heterocycles. The number of phenolic OH excluding ortho intramolecular Hbond substituents is 1. The first kappa shape index (κ1) is 17.6.